The van der Waals surface area contributed by atoms with Crippen molar-refractivity contribution in [1.82, 2.24) is 20.4 Å². The molecular formula is C17H22N4O. The fraction of sp³-hybridized carbons (Fsp3) is 0.412. The SMILES string of the molecule is C[C@@H](Cn1cccn1)NC(=O)NCC1(c2ccccc2)CC1. The molecule has 3 rings (SSSR count). The highest BCUT2D eigenvalue weighted by Gasteiger charge is 2.44. The lowest BCUT2D eigenvalue weighted by Crippen LogP contribution is -2.44. The number of urea groups is 1. The summed E-state index contributed by atoms with van der Waals surface area (Å²) in [5.41, 5.74) is 1.46. The zero-order valence-electron chi connectivity index (χ0n) is 12.8. The van der Waals surface area contributed by atoms with Gasteiger partial charge < -0.3 is 10.6 Å². The molecule has 5 nitrogen and oxygen atoms in total. The van der Waals surface area contributed by atoms with Gasteiger partial charge in [0.25, 0.3) is 0 Å². The van der Waals surface area contributed by atoms with Crippen LogP contribution in [0.15, 0.2) is 48.8 Å². The molecule has 1 aliphatic carbocycles. The first-order valence-corrected chi connectivity index (χ1v) is 7.75. The molecule has 1 heterocycles. The topological polar surface area (TPSA) is 59.0 Å². The first-order chi connectivity index (χ1) is 10.7. The highest BCUT2D eigenvalue weighted by Crippen LogP contribution is 2.47. The summed E-state index contributed by atoms with van der Waals surface area (Å²) in [7, 11) is 0. The third-order valence-electron chi connectivity index (χ3n) is 4.22. The van der Waals surface area contributed by atoms with Gasteiger partial charge in [0.05, 0.1) is 6.54 Å². The zero-order chi connectivity index (χ0) is 15.4. The molecular weight excluding hydrogens is 276 g/mol. The monoisotopic (exact) mass is 298 g/mol. The molecule has 1 saturated carbocycles. The lowest BCUT2D eigenvalue weighted by atomic mass is 9.96. The number of carbonyl (C=O) groups excluding carboxylic acids is 1. The summed E-state index contributed by atoms with van der Waals surface area (Å²) >= 11 is 0. The van der Waals surface area contributed by atoms with Crippen LogP contribution in [0.4, 0.5) is 4.79 Å². The maximum absolute atomic E-state index is 12.0. The van der Waals surface area contributed by atoms with E-state index in [0.29, 0.717) is 13.1 Å². The molecule has 0 spiro atoms. The molecule has 2 amide bonds. The predicted molar refractivity (Wildman–Crippen MR) is 85.6 cm³/mol. The van der Waals surface area contributed by atoms with Crippen molar-refractivity contribution in [2.45, 2.75) is 37.8 Å². The summed E-state index contributed by atoms with van der Waals surface area (Å²) in [6, 6.07) is 12.2. The van der Waals surface area contributed by atoms with E-state index in [1.54, 1.807) is 6.20 Å². The smallest absolute Gasteiger partial charge is 0.315 e. The Balaban J connectivity index is 1.46. The van der Waals surface area contributed by atoms with E-state index in [4.69, 9.17) is 0 Å². The van der Waals surface area contributed by atoms with Gasteiger partial charge >= 0.3 is 6.03 Å². The van der Waals surface area contributed by atoms with Gasteiger partial charge in [-0.25, -0.2) is 4.79 Å². The number of rotatable bonds is 6. The first-order valence-electron chi connectivity index (χ1n) is 7.75. The Morgan fingerprint density at radius 2 is 2.09 bits per heavy atom. The molecule has 1 aromatic carbocycles. The summed E-state index contributed by atoms with van der Waals surface area (Å²) in [6.45, 7) is 3.34. The van der Waals surface area contributed by atoms with Crippen molar-refractivity contribution in [1.29, 1.82) is 0 Å². The summed E-state index contributed by atoms with van der Waals surface area (Å²) < 4.78 is 1.82. The molecule has 1 aliphatic rings. The Labute approximate surface area is 130 Å². The van der Waals surface area contributed by atoms with Gasteiger partial charge in [-0.2, -0.15) is 5.10 Å². The van der Waals surface area contributed by atoms with Gasteiger partial charge in [-0.05, 0) is 31.4 Å². The summed E-state index contributed by atoms with van der Waals surface area (Å²) in [4.78, 5) is 12.0. The van der Waals surface area contributed by atoms with Crippen molar-refractivity contribution in [3.05, 3.63) is 54.4 Å². The largest absolute Gasteiger partial charge is 0.337 e. The highest BCUT2D eigenvalue weighted by atomic mass is 16.2. The van der Waals surface area contributed by atoms with Crippen LogP contribution in [0.5, 0.6) is 0 Å². The normalized spacial score (nSPS) is 16.8. The predicted octanol–water partition coefficient (Wildman–Crippen LogP) is 2.30. The van der Waals surface area contributed by atoms with Crippen molar-refractivity contribution in [2.75, 3.05) is 6.54 Å². The summed E-state index contributed by atoms with van der Waals surface area (Å²) in [5, 5.41) is 10.1. The van der Waals surface area contributed by atoms with Gasteiger partial charge in [0.2, 0.25) is 0 Å². The maximum atomic E-state index is 12.0. The number of hydrogen-bond donors (Lipinski definition) is 2. The van der Waals surface area contributed by atoms with Gasteiger partial charge in [0, 0.05) is 30.4 Å². The third-order valence-corrected chi connectivity index (χ3v) is 4.22. The second-order valence-electron chi connectivity index (χ2n) is 6.10. The fourth-order valence-corrected chi connectivity index (χ4v) is 2.77. The van der Waals surface area contributed by atoms with E-state index in [2.05, 4.69) is 40.0 Å². The van der Waals surface area contributed by atoms with E-state index in [9.17, 15) is 4.79 Å². The molecule has 0 unspecified atom stereocenters. The van der Waals surface area contributed by atoms with Crippen LogP contribution in [0, 0.1) is 0 Å². The molecule has 0 radical (unpaired) electrons. The molecule has 1 atom stereocenters. The quantitative estimate of drug-likeness (QED) is 0.859. The van der Waals surface area contributed by atoms with E-state index in [-0.39, 0.29) is 17.5 Å². The van der Waals surface area contributed by atoms with Crippen LogP contribution in [-0.2, 0) is 12.0 Å². The minimum Gasteiger partial charge on any atom is -0.337 e. The Hall–Kier alpha value is -2.30. The van der Waals surface area contributed by atoms with Crippen molar-refractivity contribution < 1.29 is 4.79 Å². The Morgan fingerprint density at radius 1 is 1.32 bits per heavy atom. The lowest BCUT2D eigenvalue weighted by molar-refractivity contribution is 0.235. The molecule has 5 heteroatoms. The van der Waals surface area contributed by atoms with Crippen LogP contribution < -0.4 is 10.6 Å². The second kappa shape index (κ2) is 6.22. The van der Waals surface area contributed by atoms with E-state index < -0.39 is 0 Å². The van der Waals surface area contributed by atoms with Crippen molar-refractivity contribution in [3.8, 4) is 0 Å². The third kappa shape index (κ3) is 3.47. The maximum Gasteiger partial charge on any atom is 0.315 e. The van der Waals surface area contributed by atoms with Crippen LogP contribution >= 0.6 is 0 Å². The number of nitrogens with one attached hydrogen (secondary N) is 2. The number of benzene rings is 1. The minimum absolute atomic E-state index is 0.0341. The number of carbonyl (C=O) groups is 1. The van der Waals surface area contributed by atoms with Crippen molar-refractivity contribution >= 4 is 6.03 Å². The van der Waals surface area contributed by atoms with Crippen LogP contribution in [0.2, 0.25) is 0 Å². The van der Waals surface area contributed by atoms with Gasteiger partial charge in [0.15, 0.2) is 0 Å². The van der Waals surface area contributed by atoms with Gasteiger partial charge in [-0.3, -0.25) is 4.68 Å². The van der Waals surface area contributed by atoms with Crippen molar-refractivity contribution in [3.63, 3.8) is 0 Å². The number of hydrogen-bond acceptors (Lipinski definition) is 2. The molecule has 116 valence electrons. The Morgan fingerprint density at radius 3 is 2.73 bits per heavy atom. The molecule has 0 aliphatic heterocycles. The number of amides is 2. The fourth-order valence-electron chi connectivity index (χ4n) is 2.77. The van der Waals surface area contributed by atoms with E-state index in [1.165, 1.54) is 5.56 Å². The lowest BCUT2D eigenvalue weighted by Gasteiger charge is -2.19. The average molecular weight is 298 g/mol. The summed E-state index contributed by atoms with van der Waals surface area (Å²) in [6.07, 6.45) is 5.91. The first kappa shape index (κ1) is 14.6. The van der Waals surface area contributed by atoms with Gasteiger partial charge in [-0.1, -0.05) is 30.3 Å². The van der Waals surface area contributed by atoms with Crippen LogP contribution in [0.3, 0.4) is 0 Å². The number of nitrogens with zero attached hydrogens (tertiary/aromatic N) is 2. The van der Waals surface area contributed by atoms with E-state index in [1.807, 2.05) is 29.9 Å². The molecule has 2 aromatic rings. The molecule has 0 bridgehead atoms. The van der Waals surface area contributed by atoms with E-state index >= 15 is 0 Å². The Kier molecular flexibility index (Phi) is 4.13. The molecule has 0 saturated heterocycles. The molecule has 1 aromatic heterocycles. The summed E-state index contributed by atoms with van der Waals surface area (Å²) in [5.74, 6) is 0. The zero-order valence-corrected chi connectivity index (χ0v) is 12.8. The minimum atomic E-state index is -0.109. The standard InChI is InChI=1S/C17H22N4O/c1-14(12-21-11-5-10-19-21)20-16(22)18-13-17(8-9-17)15-6-3-2-4-7-15/h2-7,10-11,14H,8-9,12-13H2,1H3,(H2,18,20,22)/t14-/m0/s1. The molecule has 1 fully saturated rings. The van der Waals surface area contributed by atoms with Crippen LogP contribution in [0.1, 0.15) is 25.3 Å². The van der Waals surface area contributed by atoms with Crippen molar-refractivity contribution in [2.24, 2.45) is 0 Å². The molecule has 22 heavy (non-hydrogen) atoms. The molecule has 2 N–H and O–H groups in total. The highest BCUT2D eigenvalue weighted by molar-refractivity contribution is 5.74. The van der Waals surface area contributed by atoms with Crippen LogP contribution in [-0.4, -0.2) is 28.4 Å². The van der Waals surface area contributed by atoms with E-state index in [0.717, 1.165) is 12.8 Å². The number of aromatic nitrogens is 2. The van der Waals surface area contributed by atoms with Crippen LogP contribution in [0.25, 0.3) is 0 Å². The second-order valence-corrected chi connectivity index (χ2v) is 6.10. The Bertz CT molecular complexity index is 605. The van der Waals surface area contributed by atoms with Gasteiger partial charge in [0.1, 0.15) is 0 Å². The average Bonchev–Trinajstić information content (AvgIpc) is 3.16. The van der Waals surface area contributed by atoms with Gasteiger partial charge in [-0.15, -0.1) is 0 Å².